The highest BCUT2D eigenvalue weighted by molar-refractivity contribution is 6.18. The van der Waals surface area contributed by atoms with Crippen LogP contribution in [0.25, 0.3) is 0 Å². The lowest BCUT2D eigenvalue weighted by Gasteiger charge is -2.34. The van der Waals surface area contributed by atoms with Crippen LogP contribution in [0.2, 0.25) is 0 Å². The van der Waals surface area contributed by atoms with Gasteiger partial charge in [-0.05, 0) is 37.8 Å². The van der Waals surface area contributed by atoms with Gasteiger partial charge in [-0.2, -0.15) is 0 Å². The van der Waals surface area contributed by atoms with E-state index in [0.29, 0.717) is 0 Å². The SMILES string of the molecule is ClCCN(CCCc1ccccc1)C1CCCCC1. The number of halogens is 1. The fourth-order valence-electron chi connectivity index (χ4n) is 3.16. The highest BCUT2D eigenvalue weighted by Crippen LogP contribution is 2.23. The summed E-state index contributed by atoms with van der Waals surface area (Å²) >= 11 is 5.97. The number of rotatable bonds is 7. The molecule has 106 valence electrons. The molecule has 0 unspecified atom stereocenters. The van der Waals surface area contributed by atoms with E-state index < -0.39 is 0 Å². The molecule has 19 heavy (non-hydrogen) atoms. The quantitative estimate of drug-likeness (QED) is 0.665. The molecule has 0 amide bonds. The first-order chi connectivity index (χ1) is 9.40. The Morgan fingerprint density at radius 1 is 1.00 bits per heavy atom. The highest BCUT2D eigenvalue weighted by Gasteiger charge is 2.19. The van der Waals surface area contributed by atoms with Crippen molar-refractivity contribution >= 4 is 11.6 Å². The molecule has 1 aromatic rings. The van der Waals surface area contributed by atoms with Gasteiger partial charge in [0, 0.05) is 18.5 Å². The molecule has 1 saturated carbocycles. The maximum atomic E-state index is 5.97. The molecule has 0 radical (unpaired) electrons. The summed E-state index contributed by atoms with van der Waals surface area (Å²) in [4.78, 5) is 2.63. The Labute approximate surface area is 123 Å². The second kappa shape index (κ2) is 8.60. The minimum Gasteiger partial charge on any atom is -0.299 e. The van der Waals surface area contributed by atoms with Crippen LogP contribution in [0, 0.1) is 0 Å². The summed E-state index contributed by atoms with van der Waals surface area (Å²) in [6, 6.07) is 11.6. The van der Waals surface area contributed by atoms with Crippen LogP contribution in [0.15, 0.2) is 30.3 Å². The minimum absolute atomic E-state index is 0.766. The van der Waals surface area contributed by atoms with Crippen molar-refractivity contribution in [2.45, 2.75) is 51.0 Å². The molecule has 1 nitrogen and oxygen atoms in total. The average molecular weight is 280 g/mol. The molecular formula is C17H26ClN. The van der Waals surface area contributed by atoms with E-state index in [9.17, 15) is 0 Å². The van der Waals surface area contributed by atoms with Gasteiger partial charge in [0.1, 0.15) is 0 Å². The van der Waals surface area contributed by atoms with E-state index in [4.69, 9.17) is 11.6 Å². The smallest absolute Gasteiger partial charge is 0.0351 e. The van der Waals surface area contributed by atoms with Crippen LogP contribution in [0.4, 0.5) is 0 Å². The minimum atomic E-state index is 0.766. The van der Waals surface area contributed by atoms with E-state index in [1.807, 2.05) is 0 Å². The third kappa shape index (κ3) is 5.16. The topological polar surface area (TPSA) is 3.24 Å². The Morgan fingerprint density at radius 2 is 1.74 bits per heavy atom. The average Bonchev–Trinajstić information content (AvgIpc) is 2.48. The van der Waals surface area contributed by atoms with Crippen molar-refractivity contribution in [2.24, 2.45) is 0 Å². The zero-order valence-corrected chi connectivity index (χ0v) is 12.6. The summed E-state index contributed by atoms with van der Waals surface area (Å²) in [5.41, 5.74) is 1.46. The van der Waals surface area contributed by atoms with E-state index in [1.165, 1.54) is 57.1 Å². The highest BCUT2D eigenvalue weighted by atomic mass is 35.5. The molecule has 1 aliphatic rings. The molecule has 2 rings (SSSR count). The van der Waals surface area contributed by atoms with Crippen LogP contribution in [-0.2, 0) is 6.42 Å². The van der Waals surface area contributed by atoms with Gasteiger partial charge in [0.2, 0.25) is 0 Å². The summed E-state index contributed by atoms with van der Waals surface area (Å²) in [6.07, 6.45) is 9.42. The normalized spacial score (nSPS) is 16.9. The summed E-state index contributed by atoms with van der Waals surface area (Å²) in [7, 11) is 0. The third-order valence-electron chi connectivity index (χ3n) is 4.22. The van der Waals surface area contributed by atoms with Crippen LogP contribution in [0.5, 0.6) is 0 Å². The molecule has 0 spiro atoms. The van der Waals surface area contributed by atoms with Crippen molar-refractivity contribution in [1.82, 2.24) is 4.90 Å². The Morgan fingerprint density at radius 3 is 2.42 bits per heavy atom. The maximum Gasteiger partial charge on any atom is 0.0351 e. The van der Waals surface area contributed by atoms with E-state index in [1.54, 1.807) is 0 Å². The van der Waals surface area contributed by atoms with Crippen molar-refractivity contribution < 1.29 is 0 Å². The van der Waals surface area contributed by atoms with E-state index >= 15 is 0 Å². The summed E-state index contributed by atoms with van der Waals surface area (Å²) in [5.74, 6) is 0.766. The molecule has 0 heterocycles. The van der Waals surface area contributed by atoms with Gasteiger partial charge in [-0.15, -0.1) is 11.6 Å². The Kier molecular flexibility index (Phi) is 6.73. The predicted octanol–water partition coefficient (Wildman–Crippen LogP) is 4.49. The standard InChI is InChI=1S/C17H26ClN/c18-13-15-19(17-11-5-2-6-12-17)14-7-10-16-8-3-1-4-9-16/h1,3-4,8-9,17H,2,5-7,10-15H2. The number of hydrogen-bond acceptors (Lipinski definition) is 1. The molecule has 0 saturated heterocycles. The second-order valence-corrected chi connectivity index (χ2v) is 5.98. The van der Waals surface area contributed by atoms with Crippen LogP contribution in [0.1, 0.15) is 44.1 Å². The Bertz CT molecular complexity index is 332. The molecule has 0 aromatic heterocycles. The van der Waals surface area contributed by atoms with E-state index in [2.05, 4.69) is 35.2 Å². The maximum absolute atomic E-state index is 5.97. The molecule has 1 fully saturated rings. The van der Waals surface area contributed by atoms with Gasteiger partial charge in [0.05, 0.1) is 0 Å². The zero-order valence-electron chi connectivity index (χ0n) is 11.9. The molecular weight excluding hydrogens is 254 g/mol. The van der Waals surface area contributed by atoms with Gasteiger partial charge >= 0.3 is 0 Å². The fraction of sp³-hybridized carbons (Fsp3) is 0.647. The van der Waals surface area contributed by atoms with E-state index in [-0.39, 0.29) is 0 Å². The fourth-order valence-corrected chi connectivity index (χ4v) is 3.38. The lowest BCUT2D eigenvalue weighted by atomic mass is 9.94. The van der Waals surface area contributed by atoms with Crippen LogP contribution >= 0.6 is 11.6 Å². The number of nitrogens with zero attached hydrogens (tertiary/aromatic N) is 1. The van der Waals surface area contributed by atoms with Gasteiger partial charge in [-0.25, -0.2) is 0 Å². The van der Waals surface area contributed by atoms with Crippen molar-refractivity contribution in [3.63, 3.8) is 0 Å². The number of aryl methyl sites for hydroxylation is 1. The number of alkyl halides is 1. The van der Waals surface area contributed by atoms with Crippen molar-refractivity contribution in [1.29, 1.82) is 0 Å². The molecule has 2 heteroatoms. The summed E-state index contributed by atoms with van der Waals surface area (Å²) in [5, 5.41) is 0. The number of hydrogen-bond donors (Lipinski definition) is 0. The Balaban J connectivity index is 1.76. The van der Waals surface area contributed by atoms with Crippen molar-refractivity contribution in [2.75, 3.05) is 19.0 Å². The van der Waals surface area contributed by atoms with Crippen LogP contribution in [-0.4, -0.2) is 29.9 Å². The van der Waals surface area contributed by atoms with Crippen molar-refractivity contribution in [3.8, 4) is 0 Å². The third-order valence-corrected chi connectivity index (χ3v) is 4.39. The van der Waals surface area contributed by atoms with Gasteiger partial charge in [0.25, 0.3) is 0 Å². The lowest BCUT2D eigenvalue weighted by Crippen LogP contribution is -2.39. The first kappa shape index (κ1) is 14.9. The first-order valence-electron chi connectivity index (χ1n) is 7.74. The van der Waals surface area contributed by atoms with Crippen LogP contribution in [0.3, 0.4) is 0 Å². The Hall–Kier alpha value is -0.530. The molecule has 0 bridgehead atoms. The van der Waals surface area contributed by atoms with E-state index in [0.717, 1.165) is 18.5 Å². The number of benzene rings is 1. The van der Waals surface area contributed by atoms with Gasteiger partial charge in [-0.1, -0.05) is 49.6 Å². The van der Waals surface area contributed by atoms with Gasteiger partial charge in [0.15, 0.2) is 0 Å². The van der Waals surface area contributed by atoms with Gasteiger partial charge < -0.3 is 0 Å². The largest absolute Gasteiger partial charge is 0.299 e. The molecule has 1 aromatic carbocycles. The molecule has 1 aliphatic carbocycles. The lowest BCUT2D eigenvalue weighted by molar-refractivity contribution is 0.163. The molecule has 0 atom stereocenters. The molecule has 0 aliphatic heterocycles. The van der Waals surface area contributed by atoms with Gasteiger partial charge in [-0.3, -0.25) is 4.90 Å². The summed E-state index contributed by atoms with van der Waals surface area (Å²) < 4.78 is 0. The second-order valence-electron chi connectivity index (χ2n) is 5.61. The van der Waals surface area contributed by atoms with Crippen molar-refractivity contribution in [3.05, 3.63) is 35.9 Å². The molecule has 0 N–H and O–H groups in total. The first-order valence-corrected chi connectivity index (χ1v) is 8.27. The monoisotopic (exact) mass is 279 g/mol. The van der Waals surface area contributed by atoms with Crippen LogP contribution < -0.4 is 0 Å². The zero-order chi connectivity index (χ0) is 13.3. The predicted molar refractivity (Wildman–Crippen MR) is 83.9 cm³/mol. The summed E-state index contributed by atoms with van der Waals surface area (Å²) in [6.45, 7) is 2.26.